The van der Waals surface area contributed by atoms with Crippen LogP contribution in [-0.4, -0.2) is 70.4 Å². The summed E-state index contributed by atoms with van der Waals surface area (Å²) >= 11 is 0. The summed E-state index contributed by atoms with van der Waals surface area (Å²) in [7, 11) is 3.15. The Labute approximate surface area is 298 Å². The summed E-state index contributed by atoms with van der Waals surface area (Å²) < 4.78 is 26.0. The minimum atomic E-state index is -1.40. The highest BCUT2D eigenvalue weighted by molar-refractivity contribution is 6.21. The van der Waals surface area contributed by atoms with E-state index >= 15 is 0 Å². The SMILES string of the molecule is COc1ccc(C(O[C@H](CO)[C@H]2O[C@H](n3cc(C)c(=O)[nH]c3=O)C[C@H]2N2C(=O)c3ccccc3C2=O)(c2ccccc2)c2ccc(OC)cc2)cc1. The Morgan fingerprint density at radius 1 is 0.788 bits per heavy atom. The molecule has 4 atom stereocenters. The number of nitrogens with zero attached hydrogens (tertiary/aromatic N) is 2. The molecule has 0 bridgehead atoms. The number of imide groups is 1. The molecule has 0 aliphatic carbocycles. The summed E-state index contributed by atoms with van der Waals surface area (Å²) in [4.78, 5) is 56.7. The minimum absolute atomic E-state index is 0.0230. The number of hydrogen-bond donors (Lipinski definition) is 2. The third-order valence-electron chi connectivity index (χ3n) is 9.80. The van der Waals surface area contributed by atoms with Crippen LogP contribution in [0.1, 0.15) is 55.6 Å². The van der Waals surface area contributed by atoms with Crippen molar-refractivity contribution < 1.29 is 33.6 Å². The Kier molecular flexibility index (Phi) is 9.36. The summed E-state index contributed by atoms with van der Waals surface area (Å²) in [6.45, 7) is 0.956. The third kappa shape index (κ3) is 5.90. The van der Waals surface area contributed by atoms with Gasteiger partial charge in [-0.3, -0.25) is 28.8 Å². The number of aliphatic hydroxyl groups excluding tert-OH is 1. The lowest BCUT2D eigenvalue weighted by Gasteiger charge is -2.41. The van der Waals surface area contributed by atoms with E-state index in [1.807, 2.05) is 78.9 Å². The molecule has 2 aliphatic rings. The highest BCUT2D eigenvalue weighted by Crippen LogP contribution is 2.45. The molecule has 0 radical (unpaired) electrons. The molecule has 1 fully saturated rings. The lowest BCUT2D eigenvalue weighted by atomic mass is 9.79. The smallest absolute Gasteiger partial charge is 0.330 e. The van der Waals surface area contributed by atoms with Crippen LogP contribution in [0.25, 0.3) is 0 Å². The fourth-order valence-corrected chi connectivity index (χ4v) is 7.21. The fraction of sp³-hybridized carbons (Fsp3) is 0.250. The Morgan fingerprint density at radius 2 is 1.31 bits per heavy atom. The maximum absolute atomic E-state index is 13.9. The number of hydrogen-bond acceptors (Lipinski definition) is 9. The van der Waals surface area contributed by atoms with Gasteiger partial charge in [-0.05, 0) is 60.0 Å². The number of aromatic amines is 1. The second-order valence-electron chi connectivity index (χ2n) is 12.7. The molecule has 2 N–H and O–H groups in total. The third-order valence-corrected chi connectivity index (χ3v) is 9.80. The van der Waals surface area contributed by atoms with Crippen molar-refractivity contribution >= 4 is 11.8 Å². The van der Waals surface area contributed by atoms with Crippen LogP contribution in [0, 0.1) is 6.92 Å². The number of nitrogens with one attached hydrogen (secondary N) is 1. The number of aromatic nitrogens is 2. The molecule has 3 heterocycles. The Morgan fingerprint density at radius 3 is 1.83 bits per heavy atom. The second-order valence-corrected chi connectivity index (χ2v) is 12.7. The van der Waals surface area contributed by atoms with Crippen molar-refractivity contribution in [3.63, 3.8) is 0 Å². The van der Waals surface area contributed by atoms with Gasteiger partial charge in [0.25, 0.3) is 17.4 Å². The van der Waals surface area contributed by atoms with Gasteiger partial charge in [-0.1, -0.05) is 66.7 Å². The Balaban J connectivity index is 1.39. The quantitative estimate of drug-likeness (QED) is 0.153. The molecule has 0 unspecified atom stereocenters. The van der Waals surface area contributed by atoms with Crippen molar-refractivity contribution in [2.45, 2.75) is 43.4 Å². The molecule has 12 nitrogen and oxygen atoms in total. The summed E-state index contributed by atoms with van der Waals surface area (Å²) in [6.07, 6.45) is -2.01. The number of carbonyl (C=O) groups is 2. The molecule has 0 saturated carbocycles. The molecule has 0 spiro atoms. The predicted molar refractivity (Wildman–Crippen MR) is 190 cm³/mol. The number of amides is 2. The maximum atomic E-state index is 13.9. The molecule has 1 saturated heterocycles. The van der Waals surface area contributed by atoms with Crippen molar-refractivity contribution in [2.24, 2.45) is 0 Å². The number of H-pyrrole nitrogens is 1. The Hall–Kier alpha value is -5.82. The van der Waals surface area contributed by atoms with Crippen molar-refractivity contribution in [2.75, 3.05) is 20.8 Å². The lowest BCUT2D eigenvalue weighted by Crippen LogP contribution is -2.52. The predicted octanol–water partition coefficient (Wildman–Crippen LogP) is 4.18. The molecule has 266 valence electrons. The van der Waals surface area contributed by atoms with E-state index in [-0.39, 0.29) is 23.1 Å². The average molecular weight is 704 g/mol. The van der Waals surface area contributed by atoms with Crippen LogP contribution >= 0.6 is 0 Å². The number of aryl methyl sites for hydroxylation is 1. The summed E-state index contributed by atoms with van der Waals surface area (Å²) in [5.74, 6) is 0.184. The van der Waals surface area contributed by atoms with E-state index in [0.29, 0.717) is 28.2 Å². The molecule has 2 amide bonds. The van der Waals surface area contributed by atoms with E-state index in [2.05, 4.69) is 4.98 Å². The highest BCUT2D eigenvalue weighted by atomic mass is 16.6. The number of benzene rings is 4. The van der Waals surface area contributed by atoms with Gasteiger partial charge in [-0.15, -0.1) is 0 Å². The van der Waals surface area contributed by atoms with Crippen LogP contribution in [-0.2, 0) is 15.1 Å². The Bertz CT molecular complexity index is 2130. The topological polar surface area (TPSA) is 149 Å². The first-order valence-electron chi connectivity index (χ1n) is 16.8. The van der Waals surface area contributed by atoms with Crippen molar-refractivity contribution in [3.8, 4) is 11.5 Å². The monoisotopic (exact) mass is 703 g/mol. The molecule has 12 heteroatoms. The largest absolute Gasteiger partial charge is 0.497 e. The first-order chi connectivity index (χ1) is 25.2. The summed E-state index contributed by atoms with van der Waals surface area (Å²) in [5, 5.41) is 11.3. The first-order valence-corrected chi connectivity index (χ1v) is 16.8. The van der Waals surface area contributed by atoms with Gasteiger partial charge in [0.2, 0.25) is 0 Å². The molecule has 4 aromatic carbocycles. The van der Waals surface area contributed by atoms with E-state index < -0.39 is 59.7 Å². The van der Waals surface area contributed by atoms with Crippen LogP contribution < -0.4 is 20.7 Å². The van der Waals surface area contributed by atoms with Crippen molar-refractivity contribution in [3.05, 3.63) is 164 Å². The van der Waals surface area contributed by atoms with Crippen LogP contribution in [0.4, 0.5) is 0 Å². The van der Waals surface area contributed by atoms with E-state index in [1.165, 1.54) is 10.8 Å². The van der Waals surface area contributed by atoms with E-state index in [0.717, 1.165) is 4.90 Å². The zero-order valence-corrected chi connectivity index (χ0v) is 28.7. The van der Waals surface area contributed by atoms with Gasteiger partial charge in [-0.2, -0.15) is 0 Å². The number of rotatable bonds is 11. The van der Waals surface area contributed by atoms with Gasteiger partial charge in [0.1, 0.15) is 35.5 Å². The van der Waals surface area contributed by atoms with Crippen molar-refractivity contribution in [1.29, 1.82) is 0 Å². The molecule has 1 aromatic heterocycles. The zero-order chi connectivity index (χ0) is 36.6. The maximum Gasteiger partial charge on any atom is 0.330 e. The first kappa shape index (κ1) is 34.6. The summed E-state index contributed by atoms with van der Waals surface area (Å²) in [6, 6.07) is 29.7. The molecule has 2 aliphatic heterocycles. The van der Waals surface area contributed by atoms with E-state index in [4.69, 9.17) is 18.9 Å². The molecular formula is C40H37N3O9. The van der Waals surface area contributed by atoms with E-state index in [1.54, 1.807) is 45.4 Å². The van der Waals surface area contributed by atoms with Gasteiger partial charge in [-0.25, -0.2) is 4.79 Å². The van der Waals surface area contributed by atoms with Gasteiger partial charge in [0, 0.05) is 18.2 Å². The van der Waals surface area contributed by atoms with Crippen LogP contribution in [0.3, 0.4) is 0 Å². The minimum Gasteiger partial charge on any atom is -0.497 e. The number of carbonyl (C=O) groups excluding carboxylic acids is 2. The van der Waals surface area contributed by atoms with Gasteiger partial charge >= 0.3 is 5.69 Å². The number of aliphatic hydroxyl groups is 1. The van der Waals surface area contributed by atoms with Gasteiger partial charge < -0.3 is 24.1 Å². The van der Waals surface area contributed by atoms with Crippen molar-refractivity contribution in [1.82, 2.24) is 14.5 Å². The van der Waals surface area contributed by atoms with E-state index in [9.17, 15) is 24.3 Å². The van der Waals surface area contributed by atoms with Gasteiger partial charge in [0.05, 0.1) is 38.0 Å². The average Bonchev–Trinajstić information content (AvgIpc) is 3.72. The number of methoxy groups -OCH3 is 2. The van der Waals surface area contributed by atoms with Crippen LogP contribution in [0.2, 0.25) is 0 Å². The number of fused-ring (bicyclic) bond motifs is 1. The molecule has 5 aromatic rings. The van der Waals surface area contributed by atoms with Gasteiger partial charge in [0.15, 0.2) is 0 Å². The highest BCUT2D eigenvalue weighted by Gasteiger charge is 2.53. The lowest BCUT2D eigenvalue weighted by molar-refractivity contribution is -0.149. The fourth-order valence-electron chi connectivity index (χ4n) is 7.21. The number of ether oxygens (including phenoxy) is 4. The zero-order valence-electron chi connectivity index (χ0n) is 28.7. The second kappa shape index (κ2) is 14.1. The van der Waals surface area contributed by atoms with Crippen LogP contribution in [0.5, 0.6) is 11.5 Å². The summed E-state index contributed by atoms with van der Waals surface area (Å²) in [5.41, 5.74) is 0.155. The molecule has 7 rings (SSSR count). The van der Waals surface area contributed by atoms with Crippen LogP contribution in [0.15, 0.2) is 119 Å². The standard InChI is InChI=1S/C40H37N3O9/c1-24-22-42(39(48)41-36(24)45)34-21-32(43-37(46)30-11-7-8-12-31(30)38(43)47)35(51-34)33(23-44)52-40(25-9-5-4-6-10-25,26-13-17-28(49-2)18-14-26)27-15-19-29(50-3)20-16-27/h4-20,22,32-35,44H,21,23H2,1-3H3,(H,41,45,48)/t32-,33-,34+,35+/m1/s1. The molecule has 52 heavy (non-hydrogen) atoms. The normalized spacial score (nSPS) is 19.1. The molecular weight excluding hydrogens is 666 g/mol.